The third-order valence-corrected chi connectivity index (χ3v) is 5.83. The minimum absolute atomic E-state index is 0.127. The molecule has 1 heterocycles. The van der Waals surface area contributed by atoms with Crippen LogP contribution in [0.2, 0.25) is 5.02 Å². The van der Waals surface area contributed by atoms with E-state index in [4.69, 9.17) is 11.6 Å². The quantitative estimate of drug-likeness (QED) is 0.265. The molecule has 1 saturated heterocycles. The topological polar surface area (TPSA) is 105 Å². The molecular formula is C17H11ClIN3O4S. The van der Waals surface area contributed by atoms with Gasteiger partial charge >= 0.3 is 0 Å². The highest BCUT2D eigenvalue weighted by Crippen LogP contribution is 2.35. The lowest BCUT2D eigenvalue weighted by Crippen LogP contribution is -2.19. The van der Waals surface area contributed by atoms with Crippen LogP contribution in [0.25, 0.3) is 6.08 Å². The van der Waals surface area contributed by atoms with E-state index >= 15 is 0 Å². The first-order valence-electron chi connectivity index (χ1n) is 7.48. The summed E-state index contributed by atoms with van der Waals surface area (Å²) in [6, 6.07) is 7.76. The molecule has 138 valence electrons. The maximum absolute atomic E-state index is 12.2. The number of benzene rings is 2. The number of hydrogen-bond donors (Lipinski definition) is 2. The lowest BCUT2D eigenvalue weighted by Gasteiger charge is -2.03. The lowest BCUT2D eigenvalue weighted by atomic mass is 10.1. The van der Waals surface area contributed by atoms with Crippen molar-refractivity contribution in [1.82, 2.24) is 5.32 Å². The Morgan fingerprint density at radius 1 is 1.41 bits per heavy atom. The summed E-state index contributed by atoms with van der Waals surface area (Å²) >= 11 is 8.95. The number of amidine groups is 1. The van der Waals surface area contributed by atoms with Crippen LogP contribution in [0.5, 0.6) is 5.75 Å². The van der Waals surface area contributed by atoms with Gasteiger partial charge in [0, 0.05) is 22.7 Å². The molecule has 2 N–H and O–H groups in total. The van der Waals surface area contributed by atoms with E-state index in [2.05, 4.69) is 10.3 Å². The number of thioether (sulfide) groups is 1. The normalized spacial score (nSPS) is 16.8. The second-order valence-corrected chi connectivity index (χ2v) is 8.09. The van der Waals surface area contributed by atoms with E-state index in [-0.39, 0.29) is 21.9 Å². The summed E-state index contributed by atoms with van der Waals surface area (Å²) in [6.45, 7) is 1.82. The number of aliphatic imine (C=N–C) groups is 1. The Balaban J connectivity index is 1.96. The zero-order valence-electron chi connectivity index (χ0n) is 13.7. The van der Waals surface area contributed by atoms with E-state index in [0.29, 0.717) is 19.4 Å². The highest BCUT2D eigenvalue weighted by Gasteiger charge is 2.25. The van der Waals surface area contributed by atoms with Crippen LogP contribution in [0.15, 0.2) is 40.2 Å². The van der Waals surface area contributed by atoms with Gasteiger partial charge in [0.2, 0.25) is 0 Å². The summed E-state index contributed by atoms with van der Waals surface area (Å²) in [5.74, 6) is -0.530. The molecule has 0 aliphatic carbocycles. The number of non-ortho nitro benzene ring substituents is 1. The molecule has 2 aromatic rings. The van der Waals surface area contributed by atoms with Crippen LogP contribution in [-0.4, -0.2) is 21.1 Å². The number of carbonyl (C=O) groups is 1. The highest BCUT2D eigenvalue weighted by molar-refractivity contribution is 14.1. The molecule has 7 nitrogen and oxygen atoms in total. The molecule has 1 fully saturated rings. The summed E-state index contributed by atoms with van der Waals surface area (Å²) in [7, 11) is 0. The molecule has 3 rings (SSSR count). The Morgan fingerprint density at radius 2 is 2.15 bits per heavy atom. The van der Waals surface area contributed by atoms with Crippen LogP contribution in [0.3, 0.4) is 0 Å². The second kappa shape index (κ2) is 7.87. The first-order chi connectivity index (χ1) is 12.8. The van der Waals surface area contributed by atoms with Crippen LogP contribution in [0.1, 0.15) is 11.1 Å². The van der Waals surface area contributed by atoms with Crippen molar-refractivity contribution in [1.29, 1.82) is 0 Å². The molecule has 1 aliphatic heterocycles. The molecule has 0 spiro atoms. The Bertz CT molecular complexity index is 1040. The predicted molar refractivity (Wildman–Crippen MR) is 114 cm³/mol. The van der Waals surface area contributed by atoms with Crippen LogP contribution in [0, 0.1) is 20.6 Å². The van der Waals surface area contributed by atoms with E-state index in [1.165, 1.54) is 18.2 Å². The minimum Gasteiger partial charge on any atom is -0.506 e. The molecular weight excluding hydrogens is 505 g/mol. The fourth-order valence-corrected chi connectivity index (χ4v) is 3.89. The zero-order valence-corrected chi connectivity index (χ0v) is 17.4. The van der Waals surface area contributed by atoms with E-state index in [1.54, 1.807) is 40.8 Å². The predicted octanol–water partition coefficient (Wildman–Crippen LogP) is 4.76. The molecule has 0 aromatic heterocycles. The number of phenolic OH excluding ortho intramolecular Hbond substituents is 1. The van der Waals surface area contributed by atoms with E-state index in [0.717, 1.165) is 17.3 Å². The standard InChI is InChI=1S/C17H11ClIN3O4S/c1-8-11(18)3-2-4-13(8)20-17-21-16(24)14(27-17)6-9-5-10(22(25)26)7-12(19)15(9)23/h2-7,23H,1H3,(H,20,21,24)/b14-6+. The van der Waals surface area contributed by atoms with E-state index in [9.17, 15) is 20.0 Å². The Labute approximate surface area is 176 Å². The van der Waals surface area contributed by atoms with Gasteiger partial charge in [0.25, 0.3) is 11.6 Å². The van der Waals surface area contributed by atoms with Gasteiger partial charge in [-0.3, -0.25) is 14.9 Å². The summed E-state index contributed by atoms with van der Waals surface area (Å²) in [4.78, 5) is 27.3. The molecule has 0 bridgehead atoms. The van der Waals surface area contributed by atoms with Crippen LogP contribution in [-0.2, 0) is 4.79 Å². The van der Waals surface area contributed by atoms with Crippen molar-refractivity contribution in [3.63, 3.8) is 0 Å². The average molecular weight is 516 g/mol. The monoisotopic (exact) mass is 515 g/mol. The second-order valence-electron chi connectivity index (χ2n) is 5.49. The molecule has 1 amide bonds. The molecule has 2 aromatic carbocycles. The fourth-order valence-electron chi connectivity index (χ4n) is 2.27. The number of carbonyl (C=O) groups excluding carboxylic acids is 1. The summed E-state index contributed by atoms with van der Waals surface area (Å²) in [5.41, 5.74) is 1.42. The molecule has 0 unspecified atom stereocenters. The maximum Gasteiger partial charge on any atom is 0.271 e. The number of nitrogens with one attached hydrogen (secondary N) is 1. The van der Waals surface area contributed by atoms with E-state index in [1.807, 2.05) is 6.92 Å². The van der Waals surface area contributed by atoms with Crippen molar-refractivity contribution < 1.29 is 14.8 Å². The molecule has 27 heavy (non-hydrogen) atoms. The van der Waals surface area contributed by atoms with Crippen LogP contribution in [0.4, 0.5) is 11.4 Å². The number of nitro benzene ring substituents is 1. The number of amides is 1. The Kier molecular flexibility index (Phi) is 5.72. The number of nitrogens with zero attached hydrogens (tertiary/aromatic N) is 2. The van der Waals surface area contributed by atoms with Crippen molar-refractivity contribution in [2.45, 2.75) is 6.92 Å². The third kappa shape index (κ3) is 4.25. The SMILES string of the molecule is Cc1c(Cl)cccc1N=C1NC(=O)/C(=C\c2cc([N+](=O)[O-])cc(I)c2O)S1. The minimum atomic E-state index is -0.555. The molecule has 1 aliphatic rings. The molecule has 0 saturated carbocycles. The summed E-state index contributed by atoms with van der Waals surface area (Å²) in [5, 5.41) is 24.7. The largest absolute Gasteiger partial charge is 0.506 e. The number of nitro groups is 1. The van der Waals surface area contributed by atoms with Crippen molar-refractivity contribution >= 4 is 74.5 Å². The lowest BCUT2D eigenvalue weighted by molar-refractivity contribution is -0.385. The molecule has 0 atom stereocenters. The maximum atomic E-state index is 12.2. The van der Waals surface area contributed by atoms with Gasteiger partial charge < -0.3 is 10.4 Å². The van der Waals surface area contributed by atoms with Gasteiger partial charge in [-0.2, -0.15) is 0 Å². The zero-order chi connectivity index (χ0) is 19.7. The van der Waals surface area contributed by atoms with Crippen LogP contribution < -0.4 is 5.32 Å². The first-order valence-corrected chi connectivity index (χ1v) is 9.75. The summed E-state index contributed by atoms with van der Waals surface area (Å²) < 4.78 is 0.320. The Hall–Kier alpha value is -2.11. The molecule has 10 heteroatoms. The van der Waals surface area contributed by atoms with Crippen molar-refractivity contribution in [3.8, 4) is 5.75 Å². The van der Waals surface area contributed by atoms with Crippen molar-refractivity contribution in [2.24, 2.45) is 4.99 Å². The highest BCUT2D eigenvalue weighted by atomic mass is 127. The van der Waals surface area contributed by atoms with Gasteiger partial charge in [0.05, 0.1) is 19.1 Å². The van der Waals surface area contributed by atoms with Gasteiger partial charge in [0.1, 0.15) is 5.75 Å². The number of aromatic hydroxyl groups is 1. The van der Waals surface area contributed by atoms with Crippen molar-refractivity contribution in [3.05, 3.63) is 65.1 Å². The van der Waals surface area contributed by atoms with Crippen molar-refractivity contribution in [2.75, 3.05) is 0 Å². The summed E-state index contributed by atoms with van der Waals surface area (Å²) in [6.07, 6.45) is 1.40. The van der Waals surface area contributed by atoms with Gasteiger partial charge in [-0.05, 0) is 65.0 Å². The smallest absolute Gasteiger partial charge is 0.271 e. The Morgan fingerprint density at radius 3 is 2.85 bits per heavy atom. The van der Waals surface area contributed by atoms with Gasteiger partial charge in [-0.15, -0.1) is 0 Å². The molecule has 0 radical (unpaired) electrons. The average Bonchev–Trinajstić information content (AvgIpc) is 2.95. The van der Waals surface area contributed by atoms with Crippen LogP contribution >= 0.6 is 46.0 Å². The van der Waals surface area contributed by atoms with E-state index < -0.39 is 10.8 Å². The number of rotatable bonds is 3. The number of halogens is 2. The number of hydrogen-bond acceptors (Lipinski definition) is 6. The number of phenols is 1. The van der Waals surface area contributed by atoms with Gasteiger partial charge in [-0.25, -0.2) is 4.99 Å². The third-order valence-electron chi connectivity index (χ3n) is 3.69. The fraction of sp³-hybridized carbons (Fsp3) is 0.0588. The van der Waals surface area contributed by atoms with Gasteiger partial charge in [-0.1, -0.05) is 17.7 Å². The first kappa shape index (κ1) is 19.6. The van der Waals surface area contributed by atoms with Gasteiger partial charge in [0.15, 0.2) is 5.17 Å².